The molecule has 13 heteroatoms. The van der Waals surface area contributed by atoms with Gasteiger partial charge in [0.05, 0.1) is 10.4 Å². The molecule has 0 bridgehead atoms. The smallest absolute Gasteiger partial charge is 0.408 e. The van der Waals surface area contributed by atoms with Crippen LogP contribution in [0.4, 0.5) is 4.79 Å². The molecule has 0 spiro atoms. The summed E-state index contributed by atoms with van der Waals surface area (Å²) in [4.78, 5) is 56.6. The van der Waals surface area contributed by atoms with E-state index < -0.39 is 46.9 Å². The summed E-state index contributed by atoms with van der Waals surface area (Å²) in [5.74, 6) is -2.19. The van der Waals surface area contributed by atoms with Crippen molar-refractivity contribution in [1.82, 2.24) is 20.5 Å². The molecule has 1 aromatic carbocycles. The quantitative estimate of drug-likeness (QED) is 0.410. The Hall–Kier alpha value is -3.58. The maximum atomic E-state index is 13.3. The van der Waals surface area contributed by atoms with Crippen LogP contribution in [-0.2, 0) is 19.1 Å². The van der Waals surface area contributed by atoms with Crippen molar-refractivity contribution in [2.75, 3.05) is 5.75 Å². The molecule has 3 heterocycles. The second-order valence-electron chi connectivity index (χ2n) is 9.06. The molecule has 1 fully saturated rings. The molecule has 3 atom stereocenters. The van der Waals surface area contributed by atoms with Crippen LogP contribution in [0.25, 0.3) is 5.57 Å². The zero-order valence-corrected chi connectivity index (χ0v) is 21.2. The van der Waals surface area contributed by atoms with Crippen molar-refractivity contribution < 1.29 is 34.1 Å². The van der Waals surface area contributed by atoms with Gasteiger partial charge in [-0.25, -0.2) is 9.59 Å². The number of phenols is 1. The fraction of sp³-hybridized carbons (Fsp3) is 0.348. The SMILES string of the molecule is CC(C)(C)OC(=O)N[C@@H](C(=O)NC1C(=O)N2C(C(=O)O)=C(c3cncs3)CSC12)c1ccc(O)cc1. The van der Waals surface area contributed by atoms with Crippen LogP contribution in [0.1, 0.15) is 37.3 Å². The van der Waals surface area contributed by atoms with Crippen LogP contribution >= 0.6 is 23.1 Å². The first-order valence-corrected chi connectivity index (χ1v) is 12.8. The summed E-state index contributed by atoms with van der Waals surface area (Å²) < 4.78 is 5.27. The number of hydrogen-bond acceptors (Lipinski definition) is 9. The molecule has 1 saturated heterocycles. The number of aromatic hydroxyl groups is 1. The first-order valence-electron chi connectivity index (χ1n) is 10.8. The van der Waals surface area contributed by atoms with Crippen LogP contribution in [0.2, 0.25) is 0 Å². The lowest BCUT2D eigenvalue weighted by molar-refractivity contribution is -0.150. The van der Waals surface area contributed by atoms with Gasteiger partial charge in [-0.1, -0.05) is 12.1 Å². The molecule has 2 aliphatic heterocycles. The lowest BCUT2D eigenvalue weighted by Gasteiger charge is -2.49. The van der Waals surface area contributed by atoms with Gasteiger partial charge >= 0.3 is 12.1 Å². The number of β-lactam (4-membered cyclic amide) rings is 1. The fourth-order valence-corrected chi connectivity index (χ4v) is 5.93. The predicted octanol–water partition coefficient (Wildman–Crippen LogP) is 2.31. The summed E-state index contributed by atoms with van der Waals surface area (Å²) in [6, 6.07) is 3.45. The minimum atomic E-state index is -1.24. The third kappa shape index (κ3) is 5.16. The van der Waals surface area contributed by atoms with E-state index in [0.717, 1.165) is 0 Å². The van der Waals surface area contributed by atoms with Crippen LogP contribution in [0, 0.1) is 0 Å². The minimum Gasteiger partial charge on any atom is -0.508 e. The Morgan fingerprint density at radius 3 is 2.50 bits per heavy atom. The average Bonchev–Trinajstić information content (AvgIpc) is 3.34. The molecule has 190 valence electrons. The van der Waals surface area contributed by atoms with Crippen molar-refractivity contribution in [2.24, 2.45) is 0 Å². The van der Waals surface area contributed by atoms with Crippen LogP contribution in [0.5, 0.6) is 5.75 Å². The number of nitrogens with one attached hydrogen (secondary N) is 2. The molecule has 11 nitrogen and oxygen atoms in total. The summed E-state index contributed by atoms with van der Waals surface area (Å²) >= 11 is 2.61. The lowest BCUT2D eigenvalue weighted by atomic mass is 10.0. The van der Waals surface area contributed by atoms with Gasteiger partial charge < -0.3 is 25.6 Å². The molecule has 1 aromatic heterocycles. The third-order valence-corrected chi connectivity index (χ3v) is 7.46. The van der Waals surface area contributed by atoms with Crippen LogP contribution < -0.4 is 10.6 Å². The maximum absolute atomic E-state index is 13.3. The third-order valence-electron chi connectivity index (χ3n) is 5.35. The number of aliphatic carboxylic acids is 1. The number of hydrogen-bond donors (Lipinski definition) is 4. The number of rotatable bonds is 6. The highest BCUT2D eigenvalue weighted by atomic mass is 32.2. The number of aromatic nitrogens is 1. The van der Waals surface area contributed by atoms with Crippen LogP contribution in [-0.4, -0.2) is 66.7 Å². The Morgan fingerprint density at radius 2 is 1.92 bits per heavy atom. The molecule has 36 heavy (non-hydrogen) atoms. The van der Waals surface area contributed by atoms with Gasteiger partial charge in [0.25, 0.3) is 5.91 Å². The van der Waals surface area contributed by atoms with Crippen molar-refractivity contribution >= 4 is 52.5 Å². The van der Waals surface area contributed by atoms with Crippen LogP contribution in [0.3, 0.4) is 0 Å². The van der Waals surface area contributed by atoms with Gasteiger partial charge in [-0.3, -0.25) is 19.5 Å². The number of nitrogens with zero attached hydrogens (tertiary/aromatic N) is 2. The number of carboxylic acid groups (broad SMARTS) is 1. The second kappa shape index (κ2) is 9.82. The number of fused-ring (bicyclic) bond motifs is 1. The van der Waals surface area contributed by atoms with E-state index >= 15 is 0 Å². The normalized spacial score (nSPS) is 20.2. The van der Waals surface area contributed by atoms with Gasteiger partial charge in [0.2, 0.25) is 5.91 Å². The highest BCUT2D eigenvalue weighted by molar-refractivity contribution is 8.00. The number of thioether (sulfide) groups is 1. The van der Waals surface area contributed by atoms with Gasteiger partial charge in [0.15, 0.2) is 0 Å². The molecular formula is C23H24N4O7S2. The van der Waals surface area contributed by atoms with Gasteiger partial charge in [-0.2, -0.15) is 0 Å². The fourth-order valence-electron chi connectivity index (χ4n) is 3.80. The maximum Gasteiger partial charge on any atom is 0.408 e. The molecule has 4 rings (SSSR count). The topological polar surface area (TPSA) is 158 Å². The van der Waals surface area contributed by atoms with E-state index in [1.54, 1.807) is 32.5 Å². The van der Waals surface area contributed by atoms with Crippen molar-refractivity contribution in [1.29, 1.82) is 0 Å². The molecule has 0 radical (unpaired) electrons. The van der Waals surface area contributed by atoms with E-state index in [9.17, 15) is 29.4 Å². The standard InChI is InChI=1S/C23H24N4O7S2/c1-23(2,3)34-22(33)26-15(11-4-6-12(28)7-5-11)18(29)25-16-19(30)27-17(21(31)32)13(9-35-20(16)27)14-8-24-10-36-14/h4-8,10,15-16,20,28H,9H2,1-3H3,(H,25,29)(H,26,33)(H,31,32)/t15-,16?,20?/m1/s1. The lowest BCUT2D eigenvalue weighted by Crippen LogP contribution is -2.71. The number of phenolic OH excluding ortho intramolecular Hbond substituents is 1. The van der Waals surface area contributed by atoms with E-state index in [-0.39, 0.29) is 11.4 Å². The number of benzene rings is 1. The Labute approximate surface area is 214 Å². The van der Waals surface area contributed by atoms with Crippen molar-refractivity contribution in [3.05, 3.63) is 52.1 Å². The van der Waals surface area contributed by atoms with E-state index in [4.69, 9.17) is 4.74 Å². The Morgan fingerprint density at radius 1 is 1.22 bits per heavy atom. The number of carbonyl (C=O) groups is 4. The molecule has 2 aliphatic rings. The van der Waals surface area contributed by atoms with E-state index in [1.807, 2.05) is 0 Å². The number of carbonyl (C=O) groups excluding carboxylic acids is 3. The molecule has 4 N–H and O–H groups in total. The Bertz CT molecular complexity index is 1220. The molecular weight excluding hydrogens is 508 g/mol. The summed E-state index contributed by atoms with van der Waals surface area (Å²) in [5.41, 5.74) is 1.51. The molecule has 2 aromatic rings. The van der Waals surface area contributed by atoms with Crippen molar-refractivity contribution in [2.45, 2.75) is 43.8 Å². The number of carboxylic acids is 1. The molecule has 0 saturated carbocycles. The van der Waals surface area contributed by atoms with Gasteiger partial charge in [-0.15, -0.1) is 23.1 Å². The average molecular weight is 533 g/mol. The highest BCUT2D eigenvalue weighted by Gasteiger charge is 2.54. The van der Waals surface area contributed by atoms with Gasteiger partial charge in [0, 0.05) is 17.5 Å². The van der Waals surface area contributed by atoms with E-state index in [2.05, 4.69) is 15.6 Å². The van der Waals surface area contributed by atoms with Crippen molar-refractivity contribution in [3.8, 4) is 5.75 Å². The Kier molecular flexibility index (Phi) is 6.96. The summed E-state index contributed by atoms with van der Waals surface area (Å²) in [6.45, 7) is 5.04. The van der Waals surface area contributed by atoms with Gasteiger partial charge in [0.1, 0.15) is 34.5 Å². The Balaban J connectivity index is 1.55. The van der Waals surface area contributed by atoms with Crippen LogP contribution in [0.15, 0.2) is 41.7 Å². The predicted molar refractivity (Wildman–Crippen MR) is 132 cm³/mol. The zero-order chi connectivity index (χ0) is 26.2. The number of thiazole rings is 1. The monoisotopic (exact) mass is 532 g/mol. The zero-order valence-electron chi connectivity index (χ0n) is 19.5. The first-order chi connectivity index (χ1) is 17.0. The number of amides is 3. The largest absolute Gasteiger partial charge is 0.508 e. The second-order valence-corrected chi connectivity index (χ2v) is 11.1. The highest BCUT2D eigenvalue weighted by Crippen LogP contribution is 2.44. The summed E-state index contributed by atoms with van der Waals surface area (Å²) in [6.07, 6.45) is 0.715. The molecule has 0 aliphatic carbocycles. The van der Waals surface area contributed by atoms with Crippen molar-refractivity contribution in [3.63, 3.8) is 0 Å². The first kappa shape index (κ1) is 25.5. The summed E-state index contributed by atoms with van der Waals surface area (Å²) in [7, 11) is 0. The molecule has 3 amide bonds. The summed E-state index contributed by atoms with van der Waals surface area (Å²) in [5, 5.41) is 24.0. The number of ether oxygens (including phenoxy) is 1. The van der Waals surface area contributed by atoms with Gasteiger partial charge in [-0.05, 0) is 38.5 Å². The number of alkyl carbamates (subject to hydrolysis) is 1. The van der Waals surface area contributed by atoms with E-state index in [0.29, 0.717) is 21.8 Å². The van der Waals surface area contributed by atoms with E-state index in [1.165, 1.54) is 52.3 Å². The minimum absolute atomic E-state index is 0.0247. The molecule has 2 unspecified atom stereocenters.